The van der Waals surface area contributed by atoms with Gasteiger partial charge in [-0.2, -0.15) is 0 Å². The minimum absolute atomic E-state index is 0.119. The quantitative estimate of drug-likeness (QED) is 0.118. The molecule has 0 aromatic rings. The molecule has 2 heterocycles. The molecule has 2 fully saturated rings. The van der Waals surface area contributed by atoms with Gasteiger partial charge in [0, 0.05) is 6.42 Å². The first-order valence-corrected chi connectivity index (χ1v) is 11.5. The molecule has 0 aromatic carbocycles. The van der Waals surface area contributed by atoms with Crippen LogP contribution in [-0.4, -0.2) is 116 Å². The molecule has 2 aliphatic rings. The average molecular weight is 483 g/mol. The Bertz CT molecular complexity index is 573. The molecule has 0 radical (unpaired) electrons. The number of carbonyl (C=O) groups is 1. The molecule has 0 aromatic heterocycles. The zero-order valence-electron chi connectivity index (χ0n) is 18.8. The van der Waals surface area contributed by atoms with Gasteiger partial charge in [-0.25, -0.2) is 0 Å². The average Bonchev–Trinajstić information content (AvgIpc) is 2.80. The number of carbonyl (C=O) groups excluding carboxylic acids is 1. The smallest absolute Gasteiger partial charge is 0.306 e. The number of unbranched alkanes of at least 4 members (excludes halogenated alkanes) is 5. The standard InChI is InChI=1S/C21H38O12/c1-2-3-4-5-6-7-8-13(24)32-18-12(10-23)31-21(17(28)15(18)26)33-19-11(9-22)30-20(29)16(27)14(19)25/h11-12,14-23,25-29H,2-10H2,1H3/t11-,12-,14-,15-,16-,17-,18-,19-,20-,21+/m1/s1. The molecule has 2 aliphatic heterocycles. The lowest BCUT2D eigenvalue weighted by Crippen LogP contribution is -2.65. The summed E-state index contributed by atoms with van der Waals surface area (Å²) >= 11 is 0. The molecule has 0 unspecified atom stereocenters. The monoisotopic (exact) mass is 482 g/mol. The largest absolute Gasteiger partial charge is 0.457 e. The van der Waals surface area contributed by atoms with Gasteiger partial charge in [0.1, 0.15) is 42.7 Å². The number of aliphatic hydroxyl groups is 7. The lowest BCUT2D eigenvalue weighted by Gasteiger charge is -2.45. The summed E-state index contributed by atoms with van der Waals surface area (Å²) in [4.78, 5) is 12.2. The molecule has 12 heteroatoms. The second-order valence-corrected chi connectivity index (χ2v) is 8.51. The van der Waals surface area contributed by atoms with Gasteiger partial charge in [0.25, 0.3) is 0 Å². The predicted molar refractivity (Wildman–Crippen MR) is 110 cm³/mol. The highest BCUT2D eigenvalue weighted by molar-refractivity contribution is 5.69. The maximum absolute atomic E-state index is 12.2. The molecule has 2 rings (SSSR count). The summed E-state index contributed by atoms with van der Waals surface area (Å²) in [6, 6.07) is 0. The van der Waals surface area contributed by atoms with Crippen molar-refractivity contribution in [3.63, 3.8) is 0 Å². The molecule has 33 heavy (non-hydrogen) atoms. The fraction of sp³-hybridized carbons (Fsp3) is 0.952. The van der Waals surface area contributed by atoms with Gasteiger partial charge >= 0.3 is 5.97 Å². The molecule has 0 aliphatic carbocycles. The van der Waals surface area contributed by atoms with Crippen LogP contribution in [-0.2, 0) is 23.7 Å². The van der Waals surface area contributed by atoms with E-state index in [1.54, 1.807) is 0 Å². The predicted octanol–water partition coefficient (Wildman–Crippen LogP) is -2.10. The molecule has 2 saturated heterocycles. The van der Waals surface area contributed by atoms with E-state index in [9.17, 15) is 40.5 Å². The van der Waals surface area contributed by atoms with Gasteiger partial charge in [0.2, 0.25) is 0 Å². The maximum atomic E-state index is 12.2. The zero-order chi connectivity index (χ0) is 24.5. The molecule has 194 valence electrons. The van der Waals surface area contributed by atoms with Gasteiger partial charge in [-0.15, -0.1) is 0 Å². The summed E-state index contributed by atoms with van der Waals surface area (Å²) in [6.45, 7) is 0.742. The van der Waals surface area contributed by atoms with Crippen LogP contribution in [0.2, 0.25) is 0 Å². The van der Waals surface area contributed by atoms with Crippen LogP contribution in [0.4, 0.5) is 0 Å². The molecular formula is C21H38O12. The van der Waals surface area contributed by atoms with E-state index in [1.807, 2.05) is 0 Å². The van der Waals surface area contributed by atoms with E-state index >= 15 is 0 Å². The Morgan fingerprint density at radius 1 is 0.758 bits per heavy atom. The van der Waals surface area contributed by atoms with Crippen molar-refractivity contribution in [2.24, 2.45) is 0 Å². The first-order valence-electron chi connectivity index (χ1n) is 11.5. The fourth-order valence-corrected chi connectivity index (χ4v) is 3.96. The van der Waals surface area contributed by atoms with Crippen molar-refractivity contribution < 1.29 is 59.5 Å². The van der Waals surface area contributed by atoms with Gasteiger partial charge in [-0.1, -0.05) is 39.0 Å². The molecular weight excluding hydrogens is 444 g/mol. The van der Waals surface area contributed by atoms with E-state index in [2.05, 4.69) is 6.92 Å². The van der Waals surface area contributed by atoms with E-state index in [0.717, 1.165) is 32.1 Å². The fourth-order valence-electron chi connectivity index (χ4n) is 3.96. The Balaban J connectivity index is 1.94. The summed E-state index contributed by atoms with van der Waals surface area (Å²) in [5.41, 5.74) is 0. The lowest BCUT2D eigenvalue weighted by molar-refractivity contribution is -0.355. The third-order valence-corrected chi connectivity index (χ3v) is 5.95. The van der Waals surface area contributed by atoms with Crippen LogP contribution in [0.3, 0.4) is 0 Å². The molecule has 10 atom stereocenters. The maximum Gasteiger partial charge on any atom is 0.306 e. The highest BCUT2D eigenvalue weighted by Crippen LogP contribution is 2.29. The Morgan fingerprint density at radius 3 is 1.97 bits per heavy atom. The summed E-state index contributed by atoms with van der Waals surface area (Å²) in [7, 11) is 0. The van der Waals surface area contributed by atoms with Gasteiger partial charge < -0.3 is 54.7 Å². The molecule has 12 nitrogen and oxygen atoms in total. The van der Waals surface area contributed by atoms with Crippen molar-refractivity contribution in [2.75, 3.05) is 13.2 Å². The highest BCUT2D eigenvalue weighted by atomic mass is 16.7. The lowest BCUT2D eigenvalue weighted by atomic mass is 9.97. The van der Waals surface area contributed by atoms with Gasteiger partial charge in [-0.05, 0) is 6.42 Å². The van der Waals surface area contributed by atoms with E-state index in [1.165, 1.54) is 0 Å². The van der Waals surface area contributed by atoms with Crippen molar-refractivity contribution in [3.8, 4) is 0 Å². The number of aliphatic hydroxyl groups excluding tert-OH is 7. The number of hydrogen-bond donors (Lipinski definition) is 7. The summed E-state index contributed by atoms with van der Waals surface area (Å²) in [5, 5.41) is 69.7. The Morgan fingerprint density at radius 2 is 1.33 bits per heavy atom. The molecule has 0 spiro atoms. The number of hydrogen-bond acceptors (Lipinski definition) is 12. The van der Waals surface area contributed by atoms with Crippen molar-refractivity contribution in [1.29, 1.82) is 0 Å². The van der Waals surface area contributed by atoms with E-state index in [0.29, 0.717) is 6.42 Å². The van der Waals surface area contributed by atoms with Crippen LogP contribution in [0, 0.1) is 0 Å². The summed E-state index contributed by atoms with van der Waals surface area (Å²) < 4.78 is 21.2. The summed E-state index contributed by atoms with van der Waals surface area (Å²) in [5.74, 6) is -0.600. The number of ether oxygens (including phenoxy) is 4. The van der Waals surface area contributed by atoms with Crippen LogP contribution in [0.15, 0.2) is 0 Å². The second kappa shape index (κ2) is 13.8. The Hall–Kier alpha value is -0.930. The van der Waals surface area contributed by atoms with Crippen molar-refractivity contribution >= 4 is 5.97 Å². The SMILES string of the molecule is CCCCCCCCC(=O)O[C@H]1[C@H](O)[C@@H](O)[C@H](O[C@H]2[C@H](O)[C@@H](O)[C@H](O)O[C@@H]2CO)O[C@@H]1CO. The molecule has 0 amide bonds. The first-order chi connectivity index (χ1) is 15.7. The number of esters is 1. The zero-order valence-corrected chi connectivity index (χ0v) is 18.8. The second-order valence-electron chi connectivity index (χ2n) is 8.51. The molecule has 0 saturated carbocycles. The minimum atomic E-state index is -1.76. The number of rotatable bonds is 12. The topological polar surface area (TPSA) is 196 Å². The minimum Gasteiger partial charge on any atom is -0.457 e. The first kappa shape index (κ1) is 28.3. The molecule has 0 bridgehead atoms. The third-order valence-electron chi connectivity index (χ3n) is 5.95. The molecule has 7 N–H and O–H groups in total. The van der Waals surface area contributed by atoms with E-state index < -0.39 is 80.6 Å². The van der Waals surface area contributed by atoms with Crippen LogP contribution in [0.5, 0.6) is 0 Å². The van der Waals surface area contributed by atoms with Crippen LogP contribution >= 0.6 is 0 Å². The Labute approximate surface area is 192 Å². The van der Waals surface area contributed by atoms with E-state index in [-0.39, 0.29) is 6.42 Å². The van der Waals surface area contributed by atoms with E-state index in [4.69, 9.17) is 18.9 Å². The van der Waals surface area contributed by atoms with Gasteiger partial charge in [0.15, 0.2) is 18.7 Å². The third kappa shape index (κ3) is 7.52. The van der Waals surface area contributed by atoms with Crippen LogP contribution < -0.4 is 0 Å². The van der Waals surface area contributed by atoms with Crippen LogP contribution in [0.1, 0.15) is 51.9 Å². The highest BCUT2D eigenvalue weighted by Gasteiger charge is 2.51. The van der Waals surface area contributed by atoms with Crippen molar-refractivity contribution in [2.45, 2.75) is 113 Å². The van der Waals surface area contributed by atoms with Gasteiger partial charge in [0.05, 0.1) is 13.2 Å². The summed E-state index contributed by atoms with van der Waals surface area (Å²) in [6.07, 6.45) is -9.65. The Kier molecular flexibility index (Phi) is 11.9. The van der Waals surface area contributed by atoms with Crippen molar-refractivity contribution in [3.05, 3.63) is 0 Å². The van der Waals surface area contributed by atoms with Gasteiger partial charge in [-0.3, -0.25) is 4.79 Å². The van der Waals surface area contributed by atoms with Crippen LogP contribution in [0.25, 0.3) is 0 Å². The normalized spacial score (nSPS) is 39.4. The van der Waals surface area contributed by atoms with Crippen molar-refractivity contribution in [1.82, 2.24) is 0 Å².